The minimum Gasteiger partial charge on any atom is -0.478 e. The molecule has 0 aromatic carbocycles. The van der Waals surface area contributed by atoms with E-state index in [9.17, 15) is 4.79 Å². The van der Waals surface area contributed by atoms with Gasteiger partial charge in [0, 0.05) is 26.2 Å². The molecule has 6 heteroatoms. The van der Waals surface area contributed by atoms with E-state index in [1.807, 2.05) is 0 Å². The van der Waals surface area contributed by atoms with Crippen molar-refractivity contribution >= 4 is 27.7 Å². The number of hydrogen-bond donors (Lipinski definition) is 1. The summed E-state index contributed by atoms with van der Waals surface area (Å²) in [4.78, 5) is 19.6. The van der Waals surface area contributed by atoms with Crippen LogP contribution in [-0.4, -0.2) is 54.2 Å². The molecule has 0 saturated carbocycles. The van der Waals surface area contributed by atoms with E-state index in [4.69, 9.17) is 5.11 Å². The van der Waals surface area contributed by atoms with Crippen LogP contribution < -0.4 is 4.90 Å². The Hall–Kier alpha value is -1.14. The van der Waals surface area contributed by atoms with Gasteiger partial charge in [-0.3, -0.25) is 0 Å². The largest absolute Gasteiger partial charge is 0.478 e. The second kappa shape index (κ2) is 5.01. The predicted octanol–water partition coefficient (Wildman–Crippen LogP) is 1.29. The molecule has 1 aliphatic heterocycles. The molecular weight excluding hydrogens is 286 g/mol. The van der Waals surface area contributed by atoms with Crippen LogP contribution in [0.1, 0.15) is 10.4 Å². The number of aromatic carboxylic acids is 1. The molecule has 0 radical (unpaired) electrons. The first-order chi connectivity index (χ1) is 8.06. The SMILES string of the molecule is CN1CCN(c2cc(C(=O)O)cc(Br)n2)CC1. The van der Waals surface area contributed by atoms with Gasteiger partial charge in [-0.15, -0.1) is 0 Å². The quantitative estimate of drug-likeness (QED) is 0.834. The maximum absolute atomic E-state index is 11.0. The maximum atomic E-state index is 11.0. The molecule has 1 fully saturated rings. The van der Waals surface area contributed by atoms with E-state index in [0.29, 0.717) is 4.60 Å². The van der Waals surface area contributed by atoms with Crippen LogP contribution in [0.5, 0.6) is 0 Å². The maximum Gasteiger partial charge on any atom is 0.335 e. The first-order valence-electron chi connectivity index (χ1n) is 5.40. The van der Waals surface area contributed by atoms with Crippen LogP contribution in [0, 0.1) is 0 Å². The van der Waals surface area contributed by atoms with Crippen LogP contribution in [0.25, 0.3) is 0 Å². The lowest BCUT2D eigenvalue weighted by Gasteiger charge is -2.33. The van der Waals surface area contributed by atoms with Crippen molar-refractivity contribution in [3.63, 3.8) is 0 Å². The Bertz CT molecular complexity index is 431. The molecule has 2 rings (SSSR count). The molecule has 1 aliphatic rings. The van der Waals surface area contributed by atoms with Crippen molar-refractivity contribution in [2.45, 2.75) is 0 Å². The number of halogens is 1. The number of carboxylic acid groups (broad SMARTS) is 1. The molecule has 1 aromatic rings. The van der Waals surface area contributed by atoms with E-state index in [1.54, 1.807) is 6.07 Å². The van der Waals surface area contributed by atoms with E-state index < -0.39 is 5.97 Å². The Morgan fingerprint density at radius 3 is 2.59 bits per heavy atom. The van der Waals surface area contributed by atoms with Gasteiger partial charge in [0.25, 0.3) is 0 Å². The number of carboxylic acids is 1. The van der Waals surface area contributed by atoms with E-state index >= 15 is 0 Å². The summed E-state index contributed by atoms with van der Waals surface area (Å²) in [6.07, 6.45) is 0. The molecule has 0 aliphatic carbocycles. The first-order valence-corrected chi connectivity index (χ1v) is 6.20. The lowest BCUT2D eigenvalue weighted by Crippen LogP contribution is -2.44. The van der Waals surface area contributed by atoms with Crippen molar-refractivity contribution in [3.8, 4) is 0 Å². The highest BCUT2D eigenvalue weighted by molar-refractivity contribution is 9.10. The van der Waals surface area contributed by atoms with Crippen molar-refractivity contribution < 1.29 is 9.90 Å². The third-order valence-corrected chi connectivity index (χ3v) is 3.26. The number of hydrogen-bond acceptors (Lipinski definition) is 4. The van der Waals surface area contributed by atoms with Crippen molar-refractivity contribution in [3.05, 3.63) is 22.3 Å². The summed E-state index contributed by atoms with van der Waals surface area (Å²) in [5.74, 6) is -0.201. The zero-order valence-corrected chi connectivity index (χ0v) is 11.1. The number of rotatable bonds is 2. The number of piperazine rings is 1. The van der Waals surface area contributed by atoms with Crippen LogP contribution in [0.3, 0.4) is 0 Å². The molecule has 92 valence electrons. The zero-order valence-electron chi connectivity index (χ0n) is 9.56. The Labute approximate surface area is 108 Å². The Balaban J connectivity index is 2.23. The number of anilines is 1. The molecule has 5 nitrogen and oxygen atoms in total. The van der Waals surface area contributed by atoms with Crippen LogP contribution in [0.2, 0.25) is 0 Å². The smallest absolute Gasteiger partial charge is 0.335 e. The molecule has 2 heterocycles. The fraction of sp³-hybridized carbons (Fsp3) is 0.455. The van der Waals surface area contributed by atoms with Gasteiger partial charge < -0.3 is 14.9 Å². The van der Waals surface area contributed by atoms with Gasteiger partial charge in [0.15, 0.2) is 0 Å². The summed E-state index contributed by atoms with van der Waals surface area (Å²) in [6, 6.07) is 3.14. The molecular formula is C11H14BrN3O2. The summed E-state index contributed by atoms with van der Waals surface area (Å²) < 4.78 is 0.561. The molecule has 0 unspecified atom stereocenters. The normalized spacial score (nSPS) is 17.2. The van der Waals surface area contributed by atoms with Crippen LogP contribution >= 0.6 is 15.9 Å². The molecule has 1 aromatic heterocycles. The van der Waals surface area contributed by atoms with Gasteiger partial charge >= 0.3 is 5.97 Å². The van der Waals surface area contributed by atoms with Crippen LogP contribution in [0.15, 0.2) is 16.7 Å². The average molecular weight is 300 g/mol. The van der Waals surface area contributed by atoms with Crippen LogP contribution in [-0.2, 0) is 0 Å². The van der Waals surface area contributed by atoms with Crippen LogP contribution in [0.4, 0.5) is 5.82 Å². The Morgan fingerprint density at radius 2 is 2.00 bits per heavy atom. The average Bonchev–Trinajstić information content (AvgIpc) is 2.29. The van der Waals surface area contributed by atoms with Gasteiger partial charge in [-0.05, 0) is 35.1 Å². The molecule has 17 heavy (non-hydrogen) atoms. The van der Waals surface area contributed by atoms with Gasteiger partial charge in [0.1, 0.15) is 10.4 Å². The minimum absolute atomic E-state index is 0.265. The standard InChI is InChI=1S/C11H14BrN3O2/c1-14-2-4-15(5-3-14)10-7-8(11(16)17)6-9(12)13-10/h6-7H,2-5H2,1H3,(H,16,17). The monoisotopic (exact) mass is 299 g/mol. The number of nitrogens with zero attached hydrogens (tertiary/aromatic N) is 3. The van der Waals surface area contributed by atoms with Gasteiger partial charge in [0.2, 0.25) is 0 Å². The Kier molecular flexibility index (Phi) is 3.63. The van der Waals surface area contributed by atoms with Crippen molar-refractivity contribution in [1.82, 2.24) is 9.88 Å². The first kappa shape index (κ1) is 12.3. The predicted molar refractivity (Wildman–Crippen MR) is 68.6 cm³/mol. The number of pyridine rings is 1. The van der Waals surface area contributed by atoms with Crippen molar-refractivity contribution in [2.24, 2.45) is 0 Å². The fourth-order valence-corrected chi connectivity index (χ4v) is 2.23. The van der Waals surface area contributed by atoms with E-state index in [1.165, 1.54) is 6.07 Å². The molecule has 0 amide bonds. The second-order valence-corrected chi connectivity index (χ2v) is 4.94. The summed E-state index contributed by atoms with van der Waals surface area (Å²) in [5, 5.41) is 9.00. The van der Waals surface area contributed by atoms with Gasteiger partial charge in [-0.2, -0.15) is 0 Å². The third kappa shape index (κ3) is 2.95. The lowest BCUT2D eigenvalue weighted by molar-refractivity contribution is 0.0696. The summed E-state index contributed by atoms with van der Waals surface area (Å²) in [5.41, 5.74) is 0.265. The third-order valence-electron chi connectivity index (χ3n) is 2.85. The summed E-state index contributed by atoms with van der Waals surface area (Å²) in [7, 11) is 2.08. The topological polar surface area (TPSA) is 56.7 Å². The summed E-state index contributed by atoms with van der Waals surface area (Å²) in [6.45, 7) is 3.69. The number of aromatic nitrogens is 1. The Morgan fingerprint density at radius 1 is 1.35 bits per heavy atom. The number of carbonyl (C=O) groups is 1. The molecule has 1 N–H and O–H groups in total. The minimum atomic E-state index is -0.927. The van der Waals surface area contributed by atoms with E-state index in [0.717, 1.165) is 32.0 Å². The fourth-order valence-electron chi connectivity index (χ4n) is 1.80. The van der Waals surface area contributed by atoms with Gasteiger partial charge in [-0.1, -0.05) is 0 Å². The summed E-state index contributed by atoms with van der Waals surface area (Å²) >= 11 is 3.25. The van der Waals surface area contributed by atoms with Gasteiger partial charge in [0.05, 0.1) is 5.56 Å². The van der Waals surface area contributed by atoms with Crippen molar-refractivity contribution in [1.29, 1.82) is 0 Å². The highest BCUT2D eigenvalue weighted by atomic mass is 79.9. The van der Waals surface area contributed by atoms with E-state index in [2.05, 4.69) is 37.8 Å². The molecule has 0 bridgehead atoms. The highest BCUT2D eigenvalue weighted by Crippen LogP contribution is 2.19. The lowest BCUT2D eigenvalue weighted by atomic mass is 10.2. The van der Waals surface area contributed by atoms with Gasteiger partial charge in [-0.25, -0.2) is 9.78 Å². The van der Waals surface area contributed by atoms with E-state index in [-0.39, 0.29) is 5.56 Å². The second-order valence-electron chi connectivity index (χ2n) is 4.13. The molecule has 1 saturated heterocycles. The molecule has 0 atom stereocenters. The highest BCUT2D eigenvalue weighted by Gasteiger charge is 2.17. The van der Waals surface area contributed by atoms with Crippen molar-refractivity contribution in [2.75, 3.05) is 38.1 Å². The molecule has 0 spiro atoms. The number of likely N-dealkylation sites (N-methyl/N-ethyl adjacent to an activating group) is 1. The zero-order chi connectivity index (χ0) is 12.4.